The minimum absolute atomic E-state index is 0.179. The van der Waals surface area contributed by atoms with E-state index in [1.807, 2.05) is 21.1 Å². The van der Waals surface area contributed by atoms with E-state index in [1.165, 1.54) is 7.05 Å². The smallest absolute Gasteiger partial charge is 0.460 e. The lowest BCUT2D eigenvalue weighted by atomic mass is 10.0. The highest BCUT2D eigenvalue weighted by molar-refractivity contribution is 5.85. The average Bonchev–Trinajstić information content (AvgIpc) is 2.61. The number of halogens is 9. The number of carbonyl (C=O) groups is 2. The molecular formula is C17H27F9N3O3+. The highest BCUT2D eigenvalue weighted by Crippen LogP contribution is 2.53. The summed E-state index contributed by atoms with van der Waals surface area (Å²) in [7, 11) is 6.89. The van der Waals surface area contributed by atoms with Gasteiger partial charge < -0.3 is 19.9 Å². The molecule has 190 valence electrons. The Morgan fingerprint density at radius 3 is 1.91 bits per heavy atom. The minimum atomic E-state index is -7.01. The Labute approximate surface area is 179 Å². The number of esters is 1. The van der Waals surface area contributed by atoms with E-state index >= 15 is 0 Å². The minimum Gasteiger partial charge on any atom is -0.464 e. The summed E-state index contributed by atoms with van der Waals surface area (Å²) in [6.07, 6.45) is -9.23. The Bertz CT molecular complexity index is 635. The molecule has 0 bridgehead atoms. The molecular weight excluding hydrogens is 465 g/mol. The van der Waals surface area contributed by atoms with Crippen molar-refractivity contribution < 1.29 is 58.3 Å². The standard InChI is InChI=1S/C17H26F9N3O3/c1-27-12(30)10-11(28-7-5-8-29(2,3)4)13(31)32-9-6-14(18,19)15(20,21)16(22,23)17(24,25)26/h11,28H,5-10H2,1-4H3/p+1. The molecule has 0 aliphatic heterocycles. The SMILES string of the molecule is CNC(=O)CC(NCCC[N+](C)(C)C)C(=O)OCCC(F)(F)C(F)(F)C(F)(F)C(F)(F)F. The van der Waals surface area contributed by atoms with Crippen molar-refractivity contribution in [3.63, 3.8) is 0 Å². The van der Waals surface area contributed by atoms with Gasteiger partial charge in [0.25, 0.3) is 0 Å². The molecule has 0 aliphatic rings. The van der Waals surface area contributed by atoms with Crippen molar-refractivity contribution in [2.45, 2.75) is 49.2 Å². The van der Waals surface area contributed by atoms with Crippen LogP contribution < -0.4 is 10.6 Å². The van der Waals surface area contributed by atoms with Crippen molar-refractivity contribution in [3.8, 4) is 0 Å². The molecule has 1 amide bonds. The summed E-state index contributed by atoms with van der Waals surface area (Å²) >= 11 is 0. The zero-order chi connectivity index (χ0) is 25.6. The molecule has 0 aromatic rings. The summed E-state index contributed by atoms with van der Waals surface area (Å²) in [4.78, 5) is 23.6. The van der Waals surface area contributed by atoms with Crippen molar-refractivity contribution >= 4 is 11.9 Å². The zero-order valence-electron chi connectivity index (χ0n) is 17.9. The number of hydrogen-bond acceptors (Lipinski definition) is 4. The highest BCUT2D eigenvalue weighted by Gasteiger charge is 2.81. The van der Waals surface area contributed by atoms with Gasteiger partial charge in [0.05, 0.1) is 47.1 Å². The topological polar surface area (TPSA) is 67.4 Å². The van der Waals surface area contributed by atoms with Crippen LogP contribution in [0.4, 0.5) is 39.5 Å². The first-order valence-electron chi connectivity index (χ1n) is 9.31. The third-order valence-electron chi connectivity index (χ3n) is 4.22. The molecule has 2 N–H and O–H groups in total. The van der Waals surface area contributed by atoms with Crippen LogP contribution in [0.25, 0.3) is 0 Å². The maximum Gasteiger partial charge on any atom is 0.460 e. The maximum atomic E-state index is 13.5. The van der Waals surface area contributed by atoms with Gasteiger partial charge in [-0.2, -0.15) is 39.5 Å². The molecule has 15 heteroatoms. The lowest BCUT2D eigenvalue weighted by Gasteiger charge is -2.33. The fourth-order valence-corrected chi connectivity index (χ4v) is 2.30. The molecule has 0 spiro atoms. The number of carbonyl (C=O) groups excluding carboxylic acids is 2. The molecule has 32 heavy (non-hydrogen) atoms. The van der Waals surface area contributed by atoms with E-state index in [2.05, 4.69) is 15.4 Å². The number of rotatable bonds is 13. The first kappa shape index (κ1) is 30.2. The molecule has 0 fully saturated rings. The molecule has 1 unspecified atom stereocenters. The Hall–Kier alpha value is -1.77. The molecule has 0 aromatic heterocycles. The van der Waals surface area contributed by atoms with Crippen LogP contribution in [0, 0.1) is 0 Å². The van der Waals surface area contributed by atoms with E-state index < -0.39 is 61.3 Å². The summed E-state index contributed by atoms with van der Waals surface area (Å²) < 4.78 is 120. The molecule has 0 rings (SSSR count). The van der Waals surface area contributed by atoms with Gasteiger partial charge in [0.1, 0.15) is 6.04 Å². The number of alkyl halides is 9. The lowest BCUT2D eigenvalue weighted by molar-refractivity contribution is -0.870. The molecule has 0 radical (unpaired) electrons. The second-order valence-electron chi connectivity index (χ2n) is 8.02. The van der Waals surface area contributed by atoms with Crippen molar-refractivity contribution in [2.24, 2.45) is 0 Å². The molecule has 0 saturated carbocycles. The summed E-state index contributed by atoms with van der Waals surface area (Å²) in [5.74, 6) is -21.6. The normalized spacial score (nSPS) is 14.8. The van der Waals surface area contributed by atoms with Gasteiger partial charge in [-0.05, 0) is 0 Å². The summed E-state index contributed by atoms with van der Waals surface area (Å²) in [6.45, 7) is -0.762. The number of amides is 1. The van der Waals surface area contributed by atoms with Crippen molar-refractivity contribution in [2.75, 3.05) is 47.9 Å². The van der Waals surface area contributed by atoms with E-state index in [0.29, 0.717) is 17.4 Å². The number of nitrogens with one attached hydrogen (secondary N) is 2. The summed E-state index contributed by atoms with van der Waals surface area (Å²) in [6, 6.07) is -1.38. The number of hydrogen-bond donors (Lipinski definition) is 2. The molecule has 0 saturated heterocycles. The number of ether oxygens (including phenoxy) is 1. The van der Waals surface area contributed by atoms with Crippen molar-refractivity contribution in [3.05, 3.63) is 0 Å². The predicted octanol–water partition coefficient (Wildman–Crippen LogP) is 2.58. The van der Waals surface area contributed by atoms with Gasteiger partial charge in [0.2, 0.25) is 5.91 Å². The molecule has 6 nitrogen and oxygen atoms in total. The van der Waals surface area contributed by atoms with E-state index in [-0.39, 0.29) is 6.54 Å². The van der Waals surface area contributed by atoms with Gasteiger partial charge in [-0.1, -0.05) is 0 Å². The van der Waals surface area contributed by atoms with Crippen LogP contribution in [0.1, 0.15) is 19.3 Å². The molecule has 0 heterocycles. The second-order valence-corrected chi connectivity index (χ2v) is 8.02. The maximum absolute atomic E-state index is 13.5. The molecule has 0 aromatic carbocycles. The highest BCUT2D eigenvalue weighted by atomic mass is 19.4. The van der Waals surface area contributed by atoms with Crippen LogP contribution in [-0.2, 0) is 14.3 Å². The Morgan fingerprint density at radius 1 is 0.938 bits per heavy atom. The Morgan fingerprint density at radius 2 is 1.47 bits per heavy atom. The van der Waals surface area contributed by atoms with Gasteiger partial charge in [-0.3, -0.25) is 9.59 Å². The summed E-state index contributed by atoms with van der Waals surface area (Å²) in [5, 5.41) is 4.83. The van der Waals surface area contributed by atoms with Gasteiger partial charge in [0.15, 0.2) is 0 Å². The third-order valence-corrected chi connectivity index (χ3v) is 4.22. The first-order valence-corrected chi connectivity index (χ1v) is 9.31. The van der Waals surface area contributed by atoms with E-state index in [4.69, 9.17) is 0 Å². The van der Waals surface area contributed by atoms with Crippen LogP contribution in [0.3, 0.4) is 0 Å². The summed E-state index contributed by atoms with van der Waals surface area (Å²) in [5.41, 5.74) is 0. The van der Waals surface area contributed by atoms with Gasteiger partial charge >= 0.3 is 29.9 Å². The van der Waals surface area contributed by atoms with E-state index in [1.54, 1.807) is 0 Å². The number of quaternary nitrogens is 1. The largest absolute Gasteiger partial charge is 0.464 e. The van der Waals surface area contributed by atoms with Crippen molar-refractivity contribution in [1.82, 2.24) is 10.6 Å². The van der Waals surface area contributed by atoms with Crippen molar-refractivity contribution in [1.29, 1.82) is 0 Å². The average molecular weight is 492 g/mol. The first-order chi connectivity index (χ1) is 14.2. The predicted molar refractivity (Wildman–Crippen MR) is 94.5 cm³/mol. The van der Waals surface area contributed by atoms with Crippen LogP contribution in [0.2, 0.25) is 0 Å². The van der Waals surface area contributed by atoms with Crippen LogP contribution in [0.5, 0.6) is 0 Å². The quantitative estimate of drug-likeness (QED) is 0.180. The zero-order valence-corrected chi connectivity index (χ0v) is 17.9. The van der Waals surface area contributed by atoms with Crippen LogP contribution in [0.15, 0.2) is 0 Å². The van der Waals surface area contributed by atoms with E-state index in [0.717, 1.165) is 0 Å². The third kappa shape index (κ3) is 8.30. The van der Waals surface area contributed by atoms with E-state index in [9.17, 15) is 49.1 Å². The fourth-order valence-electron chi connectivity index (χ4n) is 2.30. The van der Waals surface area contributed by atoms with Crippen LogP contribution >= 0.6 is 0 Å². The van der Waals surface area contributed by atoms with Gasteiger partial charge in [0, 0.05) is 20.0 Å². The Kier molecular flexibility index (Phi) is 10.3. The molecule has 0 aliphatic carbocycles. The van der Waals surface area contributed by atoms with Crippen LogP contribution in [-0.4, -0.2) is 94.2 Å². The number of nitrogens with zero attached hydrogens (tertiary/aromatic N) is 1. The monoisotopic (exact) mass is 492 g/mol. The Balaban J connectivity index is 5.07. The second kappa shape index (κ2) is 10.9. The van der Waals surface area contributed by atoms with Gasteiger partial charge in [-0.25, -0.2) is 0 Å². The fraction of sp³-hybridized carbons (Fsp3) is 0.882. The molecule has 1 atom stereocenters. The van der Waals surface area contributed by atoms with Gasteiger partial charge in [-0.15, -0.1) is 0 Å². The lowest BCUT2D eigenvalue weighted by Crippen LogP contribution is -2.61.